The molecule has 1 saturated heterocycles. The minimum atomic E-state index is -1.48. The number of benzene rings is 1. The van der Waals surface area contributed by atoms with E-state index in [1.54, 1.807) is 12.1 Å². The number of ether oxygens (including phenoxy) is 2. The molecule has 1 aromatic carbocycles. The van der Waals surface area contributed by atoms with Gasteiger partial charge in [-0.15, -0.1) is 0 Å². The van der Waals surface area contributed by atoms with E-state index < -0.39 is 12.1 Å². The summed E-state index contributed by atoms with van der Waals surface area (Å²) in [6.45, 7) is 2.74. The Balaban J connectivity index is 2.25. The number of phenols is 1. The second-order valence-electron chi connectivity index (χ2n) is 4.27. The highest BCUT2D eigenvalue weighted by molar-refractivity contribution is 5.77. The van der Waals surface area contributed by atoms with Crippen molar-refractivity contribution in [1.29, 1.82) is 0 Å². The molecule has 1 unspecified atom stereocenters. The summed E-state index contributed by atoms with van der Waals surface area (Å²) in [6, 6.07) is 4.81. The molecule has 0 spiro atoms. The van der Waals surface area contributed by atoms with Crippen LogP contribution in [0, 0.1) is 0 Å². The van der Waals surface area contributed by atoms with Crippen LogP contribution in [-0.4, -0.2) is 49.6 Å². The smallest absolute Gasteiger partial charge is 0.339 e. The van der Waals surface area contributed by atoms with Gasteiger partial charge in [-0.3, -0.25) is 0 Å². The van der Waals surface area contributed by atoms with E-state index >= 15 is 0 Å². The molecule has 2 N–H and O–H groups in total. The molecule has 1 fully saturated rings. The van der Waals surface area contributed by atoms with Gasteiger partial charge in [-0.1, -0.05) is 0 Å². The highest BCUT2D eigenvalue weighted by Crippen LogP contribution is 2.30. The molecule has 1 aliphatic heterocycles. The number of nitrogens with zero attached hydrogens (tertiary/aromatic N) is 1. The Morgan fingerprint density at radius 1 is 1.42 bits per heavy atom. The molecule has 1 aromatic rings. The molecule has 104 valence electrons. The third-order valence-corrected chi connectivity index (χ3v) is 3.11. The average Bonchev–Trinajstić information content (AvgIpc) is 2.47. The second-order valence-corrected chi connectivity index (χ2v) is 4.27. The van der Waals surface area contributed by atoms with Gasteiger partial charge in [-0.25, -0.2) is 4.79 Å². The SMILES string of the molecule is COC(=O)C(O)c1cc(N2CCOCC2)ccc1O. The van der Waals surface area contributed by atoms with Gasteiger partial charge in [0.15, 0.2) is 6.10 Å². The summed E-state index contributed by atoms with van der Waals surface area (Å²) in [6.07, 6.45) is -1.48. The van der Waals surface area contributed by atoms with Crippen molar-refractivity contribution in [3.63, 3.8) is 0 Å². The number of hydrogen-bond donors (Lipinski definition) is 2. The molecular formula is C13H17NO5. The number of aromatic hydroxyl groups is 1. The van der Waals surface area contributed by atoms with Crippen LogP contribution in [0.25, 0.3) is 0 Å². The van der Waals surface area contributed by atoms with Crippen molar-refractivity contribution in [3.8, 4) is 5.75 Å². The molecule has 0 amide bonds. The number of anilines is 1. The van der Waals surface area contributed by atoms with E-state index in [1.165, 1.54) is 13.2 Å². The second kappa shape index (κ2) is 5.90. The van der Waals surface area contributed by atoms with Crippen LogP contribution in [0.3, 0.4) is 0 Å². The first-order valence-electron chi connectivity index (χ1n) is 6.05. The summed E-state index contributed by atoms with van der Waals surface area (Å²) in [5, 5.41) is 19.6. The first kappa shape index (κ1) is 13.6. The predicted molar refractivity (Wildman–Crippen MR) is 68.1 cm³/mol. The van der Waals surface area contributed by atoms with Crippen molar-refractivity contribution in [2.24, 2.45) is 0 Å². The summed E-state index contributed by atoms with van der Waals surface area (Å²) >= 11 is 0. The first-order valence-corrected chi connectivity index (χ1v) is 6.05. The van der Waals surface area contributed by atoms with Crippen molar-refractivity contribution < 1.29 is 24.5 Å². The maximum atomic E-state index is 11.3. The van der Waals surface area contributed by atoms with Gasteiger partial charge in [-0.2, -0.15) is 0 Å². The van der Waals surface area contributed by atoms with Crippen LogP contribution in [0.4, 0.5) is 5.69 Å². The third-order valence-electron chi connectivity index (χ3n) is 3.11. The molecule has 1 aliphatic rings. The molecule has 0 radical (unpaired) electrons. The Bertz CT molecular complexity index is 456. The fourth-order valence-electron chi connectivity index (χ4n) is 2.02. The van der Waals surface area contributed by atoms with Crippen molar-refractivity contribution in [2.75, 3.05) is 38.3 Å². The summed E-state index contributed by atoms with van der Waals surface area (Å²) < 4.78 is 9.74. The minimum Gasteiger partial charge on any atom is -0.508 e. The zero-order chi connectivity index (χ0) is 13.8. The highest BCUT2D eigenvalue weighted by Gasteiger charge is 2.23. The van der Waals surface area contributed by atoms with Crippen LogP contribution in [-0.2, 0) is 14.3 Å². The molecule has 1 heterocycles. The maximum absolute atomic E-state index is 11.3. The predicted octanol–water partition coefficient (Wildman–Crippen LogP) is 0.435. The number of aliphatic hydroxyl groups is 1. The summed E-state index contributed by atoms with van der Waals surface area (Å²) in [5.74, 6) is -0.927. The fourth-order valence-corrected chi connectivity index (χ4v) is 2.02. The van der Waals surface area contributed by atoms with Crippen LogP contribution < -0.4 is 4.90 Å². The van der Waals surface area contributed by atoms with Crippen LogP contribution in [0.2, 0.25) is 0 Å². The third kappa shape index (κ3) is 2.97. The molecule has 1 atom stereocenters. The van der Waals surface area contributed by atoms with E-state index in [0.29, 0.717) is 13.2 Å². The van der Waals surface area contributed by atoms with E-state index in [-0.39, 0.29) is 11.3 Å². The van der Waals surface area contributed by atoms with E-state index in [1.807, 2.05) is 0 Å². The van der Waals surface area contributed by atoms with Crippen LogP contribution in [0.5, 0.6) is 5.75 Å². The quantitative estimate of drug-likeness (QED) is 0.773. The lowest BCUT2D eigenvalue weighted by Crippen LogP contribution is -2.36. The zero-order valence-electron chi connectivity index (χ0n) is 10.7. The number of rotatable bonds is 3. The van der Waals surface area contributed by atoms with Gasteiger partial charge in [0.25, 0.3) is 0 Å². The largest absolute Gasteiger partial charge is 0.508 e. The number of carbonyl (C=O) groups is 1. The fraction of sp³-hybridized carbons (Fsp3) is 0.462. The van der Waals surface area contributed by atoms with Crippen molar-refractivity contribution in [1.82, 2.24) is 0 Å². The molecule has 0 saturated carbocycles. The van der Waals surface area contributed by atoms with Gasteiger partial charge < -0.3 is 24.6 Å². The van der Waals surface area contributed by atoms with Gasteiger partial charge in [0.2, 0.25) is 0 Å². The maximum Gasteiger partial charge on any atom is 0.339 e. The lowest BCUT2D eigenvalue weighted by molar-refractivity contribution is -0.150. The van der Waals surface area contributed by atoms with Crippen LogP contribution in [0.15, 0.2) is 18.2 Å². The van der Waals surface area contributed by atoms with E-state index in [4.69, 9.17) is 4.74 Å². The molecule has 0 bridgehead atoms. The number of hydrogen-bond acceptors (Lipinski definition) is 6. The topological polar surface area (TPSA) is 79.2 Å². The van der Waals surface area contributed by atoms with E-state index in [0.717, 1.165) is 18.8 Å². The number of carbonyl (C=O) groups excluding carboxylic acids is 1. The summed E-state index contributed by atoms with van der Waals surface area (Å²) in [7, 11) is 1.19. The molecule has 6 heteroatoms. The molecule has 0 aromatic heterocycles. The first-order chi connectivity index (χ1) is 9.13. The van der Waals surface area contributed by atoms with Gasteiger partial charge >= 0.3 is 5.97 Å². The average molecular weight is 267 g/mol. The van der Waals surface area contributed by atoms with E-state index in [2.05, 4.69) is 9.64 Å². The van der Waals surface area contributed by atoms with Gasteiger partial charge in [-0.05, 0) is 18.2 Å². The number of phenolic OH excluding ortho intramolecular Hbond substituents is 1. The van der Waals surface area contributed by atoms with Crippen molar-refractivity contribution in [3.05, 3.63) is 23.8 Å². The standard InChI is InChI=1S/C13H17NO5/c1-18-13(17)12(16)10-8-9(2-3-11(10)15)14-4-6-19-7-5-14/h2-3,8,12,15-16H,4-7H2,1H3. The van der Waals surface area contributed by atoms with Crippen LogP contribution in [0.1, 0.15) is 11.7 Å². The lowest BCUT2D eigenvalue weighted by Gasteiger charge is -2.29. The highest BCUT2D eigenvalue weighted by atomic mass is 16.5. The Hall–Kier alpha value is -1.79. The molecular weight excluding hydrogens is 250 g/mol. The summed E-state index contributed by atoms with van der Waals surface area (Å²) in [5.41, 5.74) is 0.981. The Kier molecular flexibility index (Phi) is 4.24. The Labute approximate surface area is 111 Å². The molecule has 2 rings (SSSR count). The Morgan fingerprint density at radius 2 is 2.11 bits per heavy atom. The van der Waals surface area contributed by atoms with Crippen molar-refractivity contribution >= 4 is 11.7 Å². The number of morpholine rings is 1. The van der Waals surface area contributed by atoms with Crippen LogP contribution >= 0.6 is 0 Å². The van der Waals surface area contributed by atoms with E-state index in [9.17, 15) is 15.0 Å². The normalized spacial score (nSPS) is 17.1. The van der Waals surface area contributed by atoms with Gasteiger partial charge in [0.05, 0.1) is 20.3 Å². The Morgan fingerprint density at radius 3 is 2.74 bits per heavy atom. The number of esters is 1. The number of methoxy groups -OCH3 is 1. The monoisotopic (exact) mass is 267 g/mol. The lowest BCUT2D eigenvalue weighted by atomic mass is 10.1. The molecule has 6 nitrogen and oxygen atoms in total. The van der Waals surface area contributed by atoms with Gasteiger partial charge in [0.1, 0.15) is 5.75 Å². The van der Waals surface area contributed by atoms with Crippen molar-refractivity contribution in [2.45, 2.75) is 6.10 Å². The summed E-state index contributed by atoms with van der Waals surface area (Å²) in [4.78, 5) is 13.4. The zero-order valence-corrected chi connectivity index (χ0v) is 10.7. The minimum absolute atomic E-state index is 0.130. The molecule has 0 aliphatic carbocycles. The van der Waals surface area contributed by atoms with Gasteiger partial charge in [0, 0.05) is 24.3 Å². The number of aliphatic hydroxyl groups excluding tert-OH is 1. The molecule has 19 heavy (non-hydrogen) atoms.